The molecule has 0 fully saturated rings. The van der Waals surface area contributed by atoms with E-state index in [4.69, 9.17) is 0 Å². The number of hydrogen-bond acceptors (Lipinski definition) is 1. The van der Waals surface area contributed by atoms with Crippen molar-refractivity contribution in [1.29, 1.82) is 0 Å². The van der Waals surface area contributed by atoms with Gasteiger partial charge in [-0.3, -0.25) is 0 Å². The number of rotatable bonds is 2. The Balaban J connectivity index is 1.85. The molecule has 5 aromatic rings. The average molecular weight is 307 g/mol. The van der Waals surface area contributed by atoms with Gasteiger partial charge in [-0.25, -0.2) is 0 Å². The molecule has 0 aliphatic carbocycles. The first-order valence-electron chi connectivity index (χ1n) is 8.00. The molecule has 4 heteroatoms. The van der Waals surface area contributed by atoms with E-state index >= 15 is 0 Å². The number of hydrogen-bond donors (Lipinski definition) is 2. The first-order chi connectivity index (χ1) is 11.9. The van der Waals surface area contributed by atoms with Gasteiger partial charge in [0, 0.05) is 0 Å². The molecule has 3 heterocycles. The fourth-order valence-electron chi connectivity index (χ4n) is 3.46. The molecule has 2 aromatic carbocycles. The predicted molar refractivity (Wildman–Crippen MR) is 100 cm³/mol. The zero-order chi connectivity index (χ0) is 15.9. The van der Waals surface area contributed by atoms with Crippen LogP contribution in [0.5, 0.6) is 0 Å². The zero-order valence-electron chi connectivity index (χ0n) is 13.0. The molecule has 0 saturated heterocycles. The number of fused-ring (bicyclic) bond motifs is 3. The van der Waals surface area contributed by atoms with Gasteiger partial charge in [0.15, 0.2) is 0 Å². The van der Waals surface area contributed by atoms with Crippen LogP contribution in [0.4, 0.5) is 0 Å². The van der Waals surface area contributed by atoms with E-state index in [0.717, 1.165) is 11.3 Å². The number of H-pyrrole nitrogens is 2. The molecule has 112 valence electrons. The quantitative estimate of drug-likeness (QED) is 0.487. The fraction of sp³-hybridized carbons (Fsp3) is 0. The van der Waals surface area contributed by atoms with E-state index in [-0.39, 0.29) is 0 Å². The van der Waals surface area contributed by atoms with Crippen molar-refractivity contribution >= 4 is 28.7 Å². The van der Waals surface area contributed by atoms with Crippen LogP contribution in [0, 0.1) is 0 Å². The Kier molecular flexibility index (Phi) is 2.89. The van der Waals surface area contributed by atoms with Gasteiger partial charge in [-0.15, -0.1) is 0 Å². The van der Waals surface area contributed by atoms with E-state index < -0.39 is 0 Å². The third-order valence-corrected chi connectivity index (χ3v) is 4.55. The first-order valence-corrected chi connectivity index (χ1v) is 8.00. The Morgan fingerprint density at radius 3 is 2.58 bits per heavy atom. The summed E-state index contributed by atoms with van der Waals surface area (Å²) >= 11 is 0. The molecule has 0 aliphatic heterocycles. The summed E-state index contributed by atoms with van der Waals surface area (Å²) in [7, 11) is 0. The van der Waals surface area contributed by atoms with E-state index in [9.17, 15) is 0 Å². The van der Waals surface area contributed by atoms with Gasteiger partial charge in [0.2, 0.25) is 0 Å². The average Bonchev–Trinajstić information content (AvgIpc) is 3.29. The first kappa shape index (κ1) is 13.3. The maximum atomic E-state index is 4.10. The van der Waals surface area contributed by atoms with Crippen molar-refractivity contribution in [3.63, 3.8) is 0 Å². The van der Waals surface area contributed by atoms with E-state index in [1.807, 2.05) is 6.07 Å². The van der Waals surface area contributed by atoms with Crippen LogP contribution in [-0.2, 0) is 0 Å². The zero-order valence-corrected chi connectivity index (χ0v) is 13.0. The molecule has 0 spiro atoms. The minimum atomic E-state index is 1.03. The normalized spacial score (nSPS) is 11.2. The molecule has 2 N–H and O–H groups in total. The molecular formula is C20H14BN3. The minimum absolute atomic E-state index is 1.03. The number of nitrogens with zero attached hydrogens (tertiary/aromatic N) is 1. The summed E-state index contributed by atoms with van der Waals surface area (Å²) in [5, 5.41) is 9.69. The summed E-state index contributed by atoms with van der Waals surface area (Å²) in [5.41, 5.74) is 6.91. The SMILES string of the molecule is b1cccc(-c2ccn[nH]2)c1-c1cccc2c1[nH]c1ccccc12. The van der Waals surface area contributed by atoms with Gasteiger partial charge in [0.05, 0.1) is 0 Å². The van der Waals surface area contributed by atoms with Crippen molar-refractivity contribution in [1.82, 2.24) is 15.2 Å². The van der Waals surface area contributed by atoms with E-state index in [1.165, 1.54) is 32.8 Å². The molecule has 3 nitrogen and oxygen atoms in total. The topological polar surface area (TPSA) is 44.5 Å². The van der Waals surface area contributed by atoms with Crippen LogP contribution in [-0.4, -0.2) is 22.1 Å². The molecular weight excluding hydrogens is 293 g/mol. The maximum absolute atomic E-state index is 4.10. The van der Waals surface area contributed by atoms with Gasteiger partial charge >= 0.3 is 139 Å². The van der Waals surface area contributed by atoms with Crippen molar-refractivity contribution in [2.75, 3.05) is 0 Å². The number of nitrogens with one attached hydrogen (secondary N) is 2. The third kappa shape index (κ3) is 1.93. The molecule has 0 bridgehead atoms. The van der Waals surface area contributed by atoms with Crippen LogP contribution in [0.3, 0.4) is 0 Å². The second-order valence-electron chi connectivity index (χ2n) is 5.91. The summed E-state index contributed by atoms with van der Waals surface area (Å²) in [4.78, 5) is 3.59. The van der Waals surface area contributed by atoms with Gasteiger partial charge in [-0.1, -0.05) is 0 Å². The summed E-state index contributed by atoms with van der Waals surface area (Å²) in [6.45, 7) is 2.16. The molecule has 0 radical (unpaired) electrons. The van der Waals surface area contributed by atoms with E-state index in [2.05, 4.69) is 82.7 Å². The summed E-state index contributed by atoms with van der Waals surface area (Å²) in [5.74, 6) is 2.08. The monoisotopic (exact) mass is 307 g/mol. The van der Waals surface area contributed by atoms with Crippen molar-refractivity contribution in [2.45, 2.75) is 0 Å². The second-order valence-corrected chi connectivity index (χ2v) is 5.91. The number of benzene rings is 2. The Labute approximate surface area is 139 Å². The van der Waals surface area contributed by atoms with Gasteiger partial charge in [-0.2, -0.15) is 0 Å². The molecule has 0 saturated carbocycles. The Bertz CT molecular complexity index is 1160. The van der Waals surface area contributed by atoms with Gasteiger partial charge < -0.3 is 0 Å². The number of para-hydroxylation sites is 2. The van der Waals surface area contributed by atoms with Gasteiger partial charge in [0.1, 0.15) is 0 Å². The predicted octanol–water partition coefficient (Wildman–Crippen LogP) is 4.72. The van der Waals surface area contributed by atoms with Crippen LogP contribution in [0.15, 0.2) is 72.8 Å². The van der Waals surface area contributed by atoms with Crippen LogP contribution in [0.25, 0.3) is 44.1 Å². The summed E-state index contributed by atoms with van der Waals surface area (Å²) < 4.78 is 0. The number of aromatic nitrogens is 3. The molecule has 0 aliphatic rings. The molecule has 3 aromatic heterocycles. The van der Waals surface area contributed by atoms with Crippen molar-refractivity contribution in [2.24, 2.45) is 0 Å². The summed E-state index contributed by atoms with van der Waals surface area (Å²) in [6.07, 6.45) is 1.79. The number of aromatic amines is 2. The molecule has 0 amide bonds. The van der Waals surface area contributed by atoms with Gasteiger partial charge in [0.25, 0.3) is 0 Å². The Hall–Kier alpha value is -3.14. The van der Waals surface area contributed by atoms with Gasteiger partial charge in [-0.05, 0) is 0 Å². The summed E-state index contributed by atoms with van der Waals surface area (Å²) in [6, 6.07) is 21.1. The molecule has 0 atom stereocenters. The third-order valence-electron chi connectivity index (χ3n) is 4.55. The van der Waals surface area contributed by atoms with Crippen LogP contribution in [0.2, 0.25) is 0 Å². The van der Waals surface area contributed by atoms with E-state index in [0.29, 0.717) is 0 Å². The molecule has 0 unspecified atom stereocenters. The van der Waals surface area contributed by atoms with Crippen LogP contribution >= 0.6 is 0 Å². The van der Waals surface area contributed by atoms with Crippen LogP contribution in [0.1, 0.15) is 0 Å². The van der Waals surface area contributed by atoms with E-state index in [1.54, 1.807) is 6.20 Å². The van der Waals surface area contributed by atoms with Crippen molar-refractivity contribution < 1.29 is 0 Å². The fourth-order valence-corrected chi connectivity index (χ4v) is 3.46. The standard InChI is InChI=1S/C20H14BN3/c1-2-9-17-13(5-1)14-6-3-7-16(20(14)23-17)19-15(8-4-11-21-19)18-10-12-22-24-18/h1-12,23H,(H,22,24). The Morgan fingerprint density at radius 2 is 1.67 bits per heavy atom. The van der Waals surface area contributed by atoms with Crippen molar-refractivity contribution in [3.8, 4) is 22.3 Å². The van der Waals surface area contributed by atoms with Crippen molar-refractivity contribution in [3.05, 3.63) is 72.8 Å². The molecule has 24 heavy (non-hydrogen) atoms. The second kappa shape index (κ2) is 5.20. The Morgan fingerprint density at radius 1 is 0.792 bits per heavy atom. The molecule has 5 rings (SSSR count). The van der Waals surface area contributed by atoms with Crippen LogP contribution < -0.4 is 0 Å².